The first-order valence-electron chi connectivity index (χ1n) is 11.1. The molecule has 168 valence electrons. The van der Waals surface area contributed by atoms with Crippen molar-refractivity contribution in [2.45, 2.75) is 6.54 Å². The summed E-state index contributed by atoms with van der Waals surface area (Å²) in [4.78, 5) is 21.7. The maximum absolute atomic E-state index is 12.6. The number of fused-ring (bicyclic) bond motifs is 1. The molecule has 3 heterocycles. The first-order chi connectivity index (χ1) is 16.2. The molecule has 2 aromatic heterocycles. The van der Waals surface area contributed by atoms with Crippen molar-refractivity contribution >= 4 is 23.2 Å². The molecule has 4 aromatic rings. The summed E-state index contributed by atoms with van der Waals surface area (Å²) in [6, 6.07) is 23.3. The number of rotatable bonds is 6. The molecule has 1 aliphatic rings. The fourth-order valence-corrected chi connectivity index (χ4v) is 4.28. The van der Waals surface area contributed by atoms with E-state index in [4.69, 9.17) is 21.3 Å². The Morgan fingerprint density at radius 2 is 1.64 bits per heavy atom. The van der Waals surface area contributed by atoms with Crippen LogP contribution in [-0.2, 0) is 11.3 Å². The molecular formula is C26H25ClN4O2. The number of para-hydroxylation sites is 1. The van der Waals surface area contributed by atoms with E-state index in [-0.39, 0.29) is 12.5 Å². The van der Waals surface area contributed by atoms with Gasteiger partial charge >= 0.3 is 0 Å². The van der Waals surface area contributed by atoms with Gasteiger partial charge in [0.1, 0.15) is 11.4 Å². The van der Waals surface area contributed by atoms with E-state index in [1.807, 2.05) is 77.7 Å². The maximum Gasteiger partial charge on any atom is 0.260 e. The summed E-state index contributed by atoms with van der Waals surface area (Å²) in [5.41, 5.74) is 4.07. The molecule has 0 N–H and O–H groups in total. The van der Waals surface area contributed by atoms with E-state index in [0.717, 1.165) is 42.2 Å². The molecule has 0 spiro atoms. The van der Waals surface area contributed by atoms with Gasteiger partial charge in [0, 0.05) is 49.5 Å². The van der Waals surface area contributed by atoms with Crippen molar-refractivity contribution in [3.8, 4) is 17.0 Å². The van der Waals surface area contributed by atoms with Gasteiger partial charge in [0.05, 0.1) is 11.4 Å². The van der Waals surface area contributed by atoms with Crippen molar-refractivity contribution < 1.29 is 9.53 Å². The maximum atomic E-state index is 12.6. The van der Waals surface area contributed by atoms with Gasteiger partial charge in [-0.2, -0.15) is 0 Å². The van der Waals surface area contributed by atoms with Gasteiger partial charge in [-0.3, -0.25) is 9.69 Å². The number of halogens is 1. The van der Waals surface area contributed by atoms with Crippen LogP contribution in [0.2, 0.25) is 5.02 Å². The first kappa shape index (κ1) is 21.5. The lowest BCUT2D eigenvalue weighted by Gasteiger charge is -2.34. The van der Waals surface area contributed by atoms with Crippen molar-refractivity contribution in [1.29, 1.82) is 0 Å². The summed E-state index contributed by atoms with van der Waals surface area (Å²) in [6.45, 7) is 3.80. The molecule has 1 amide bonds. The summed E-state index contributed by atoms with van der Waals surface area (Å²) in [5.74, 6) is 0.738. The predicted octanol–water partition coefficient (Wildman–Crippen LogP) is 4.38. The zero-order chi connectivity index (χ0) is 22.6. The molecule has 1 aliphatic heterocycles. The topological polar surface area (TPSA) is 50.1 Å². The molecule has 0 radical (unpaired) electrons. The number of carbonyl (C=O) groups is 1. The van der Waals surface area contributed by atoms with Crippen LogP contribution in [0.5, 0.6) is 5.75 Å². The zero-order valence-corrected chi connectivity index (χ0v) is 19.0. The number of hydrogen-bond acceptors (Lipinski definition) is 4. The molecule has 1 fully saturated rings. The van der Waals surface area contributed by atoms with Gasteiger partial charge in [0.2, 0.25) is 0 Å². The van der Waals surface area contributed by atoms with E-state index >= 15 is 0 Å². The van der Waals surface area contributed by atoms with E-state index in [1.54, 1.807) is 0 Å². The third kappa shape index (κ3) is 4.87. The van der Waals surface area contributed by atoms with E-state index < -0.39 is 0 Å². The van der Waals surface area contributed by atoms with Crippen LogP contribution in [0.3, 0.4) is 0 Å². The standard InChI is InChI=1S/C26H25ClN4O2/c27-21-11-9-20(10-12-21)26-23(31-13-5-4-8-24(31)28-26)18-29-14-16-30(17-15-29)25(32)19-33-22-6-2-1-3-7-22/h1-13H,14-19H2. The van der Waals surface area contributed by atoms with Crippen LogP contribution in [-0.4, -0.2) is 57.9 Å². The second-order valence-electron chi connectivity index (χ2n) is 8.10. The van der Waals surface area contributed by atoms with Gasteiger partial charge in [-0.15, -0.1) is 0 Å². The lowest BCUT2D eigenvalue weighted by atomic mass is 10.1. The minimum absolute atomic E-state index is 0.0233. The normalized spacial score (nSPS) is 14.5. The van der Waals surface area contributed by atoms with E-state index in [9.17, 15) is 4.79 Å². The number of ether oxygens (including phenoxy) is 1. The van der Waals surface area contributed by atoms with Crippen molar-refractivity contribution in [3.05, 3.63) is 89.7 Å². The smallest absolute Gasteiger partial charge is 0.260 e. The van der Waals surface area contributed by atoms with Gasteiger partial charge in [-0.05, 0) is 36.4 Å². The molecule has 5 rings (SSSR count). The Hall–Kier alpha value is -3.35. The molecule has 0 bridgehead atoms. The summed E-state index contributed by atoms with van der Waals surface area (Å²) in [5, 5.41) is 0.709. The SMILES string of the molecule is O=C(COc1ccccc1)N1CCN(Cc2c(-c3ccc(Cl)cc3)nc3ccccn23)CC1. The van der Waals surface area contributed by atoms with Crippen molar-refractivity contribution in [2.75, 3.05) is 32.8 Å². The lowest BCUT2D eigenvalue weighted by Crippen LogP contribution is -2.49. The van der Waals surface area contributed by atoms with Gasteiger partial charge < -0.3 is 14.0 Å². The minimum Gasteiger partial charge on any atom is -0.484 e. The fourth-order valence-electron chi connectivity index (χ4n) is 4.16. The zero-order valence-electron chi connectivity index (χ0n) is 18.2. The molecule has 6 nitrogen and oxygen atoms in total. The molecule has 0 aliphatic carbocycles. The summed E-state index contributed by atoms with van der Waals surface area (Å²) in [7, 11) is 0. The van der Waals surface area contributed by atoms with Crippen LogP contribution < -0.4 is 4.74 Å². The van der Waals surface area contributed by atoms with Crippen LogP contribution in [0, 0.1) is 0 Å². The Balaban J connectivity index is 1.26. The monoisotopic (exact) mass is 460 g/mol. The van der Waals surface area contributed by atoms with Crippen LogP contribution in [0.15, 0.2) is 79.0 Å². The van der Waals surface area contributed by atoms with E-state index in [0.29, 0.717) is 23.9 Å². The summed E-state index contributed by atoms with van der Waals surface area (Å²) in [6.07, 6.45) is 2.05. The Labute approximate surface area is 198 Å². The van der Waals surface area contributed by atoms with Gasteiger partial charge in [0.15, 0.2) is 6.61 Å². The Morgan fingerprint density at radius 1 is 0.909 bits per heavy atom. The molecule has 0 saturated carbocycles. The summed E-state index contributed by atoms with van der Waals surface area (Å²) >= 11 is 6.09. The summed E-state index contributed by atoms with van der Waals surface area (Å²) < 4.78 is 7.78. The van der Waals surface area contributed by atoms with E-state index in [2.05, 4.69) is 15.5 Å². The van der Waals surface area contributed by atoms with Crippen molar-refractivity contribution in [3.63, 3.8) is 0 Å². The molecule has 7 heteroatoms. The molecular weight excluding hydrogens is 436 g/mol. The van der Waals surface area contributed by atoms with E-state index in [1.165, 1.54) is 0 Å². The average molecular weight is 461 g/mol. The highest BCUT2D eigenvalue weighted by atomic mass is 35.5. The number of amides is 1. The van der Waals surface area contributed by atoms with Crippen LogP contribution in [0.1, 0.15) is 5.69 Å². The van der Waals surface area contributed by atoms with Gasteiger partial charge in [-0.25, -0.2) is 4.98 Å². The number of nitrogens with zero attached hydrogens (tertiary/aromatic N) is 4. The third-order valence-corrected chi connectivity index (χ3v) is 6.20. The molecule has 1 saturated heterocycles. The quantitative estimate of drug-likeness (QED) is 0.428. The Morgan fingerprint density at radius 3 is 2.39 bits per heavy atom. The number of piperazine rings is 1. The molecule has 33 heavy (non-hydrogen) atoms. The van der Waals surface area contributed by atoms with Crippen LogP contribution in [0.4, 0.5) is 0 Å². The first-order valence-corrected chi connectivity index (χ1v) is 11.4. The van der Waals surface area contributed by atoms with Crippen LogP contribution in [0.25, 0.3) is 16.9 Å². The highest BCUT2D eigenvalue weighted by molar-refractivity contribution is 6.30. The van der Waals surface area contributed by atoms with Crippen molar-refractivity contribution in [2.24, 2.45) is 0 Å². The Bertz CT molecular complexity index is 1230. The Kier molecular flexibility index (Phi) is 6.28. The minimum atomic E-state index is 0.0233. The average Bonchev–Trinajstić information content (AvgIpc) is 3.22. The number of benzene rings is 2. The number of imidazole rings is 1. The highest BCUT2D eigenvalue weighted by Crippen LogP contribution is 2.27. The molecule has 2 aromatic carbocycles. The van der Waals surface area contributed by atoms with Gasteiger partial charge in [-0.1, -0.05) is 48.0 Å². The number of carbonyl (C=O) groups excluding carboxylic acids is 1. The van der Waals surface area contributed by atoms with Crippen LogP contribution >= 0.6 is 11.6 Å². The largest absolute Gasteiger partial charge is 0.484 e. The van der Waals surface area contributed by atoms with Crippen molar-refractivity contribution in [1.82, 2.24) is 19.2 Å². The molecule has 0 unspecified atom stereocenters. The highest BCUT2D eigenvalue weighted by Gasteiger charge is 2.24. The predicted molar refractivity (Wildman–Crippen MR) is 129 cm³/mol. The van der Waals surface area contributed by atoms with Gasteiger partial charge in [0.25, 0.3) is 5.91 Å². The lowest BCUT2D eigenvalue weighted by molar-refractivity contribution is -0.135. The number of hydrogen-bond donors (Lipinski definition) is 0. The fraction of sp³-hybridized carbons (Fsp3) is 0.231. The second kappa shape index (κ2) is 9.65. The molecule has 0 atom stereocenters. The third-order valence-electron chi connectivity index (χ3n) is 5.95. The number of pyridine rings is 1. The number of aromatic nitrogens is 2. The second-order valence-corrected chi connectivity index (χ2v) is 8.54.